The first-order valence-electron chi connectivity index (χ1n) is 8.83. The number of benzene rings is 2. The molecule has 31 heavy (non-hydrogen) atoms. The van der Waals surface area contributed by atoms with Crippen LogP contribution in [-0.4, -0.2) is 23.0 Å². The Morgan fingerprint density at radius 3 is 2.61 bits per heavy atom. The lowest BCUT2D eigenvalue weighted by Gasteiger charge is -2.09. The fraction of sp³-hybridized carbons (Fsp3) is 0. The number of hydrogen-bond acceptors (Lipinski definition) is 6. The lowest BCUT2D eigenvalue weighted by atomic mass is 10.2. The number of amides is 2. The van der Waals surface area contributed by atoms with Gasteiger partial charge in [-0.1, -0.05) is 41.9 Å². The van der Waals surface area contributed by atoms with Crippen molar-refractivity contribution in [3.63, 3.8) is 0 Å². The van der Waals surface area contributed by atoms with E-state index in [0.717, 1.165) is 4.88 Å². The van der Waals surface area contributed by atoms with Crippen molar-refractivity contribution in [3.8, 4) is 0 Å². The van der Waals surface area contributed by atoms with Crippen LogP contribution in [0.2, 0.25) is 5.02 Å². The minimum Gasteiger partial charge on any atom is -0.317 e. The Morgan fingerprint density at radius 1 is 1.10 bits per heavy atom. The summed E-state index contributed by atoms with van der Waals surface area (Å²) in [5.74, 6) is -1.22. The number of carbonyl (C=O) groups excluding carboxylic acids is 2. The van der Waals surface area contributed by atoms with Crippen LogP contribution in [0.4, 0.5) is 5.69 Å². The van der Waals surface area contributed by atoms with E-state index in [0.29, 0.717) is 5.56 Å². The Hall–Kier alpha value is -3.82. The van der Waals surface area contributed by atoms with Crippen LogP contribution in [0.25, 0.3) is 6.08 Å². The molecule has 3 rings (SSSR count). The number of nitro groups is 1. The Morgan fingerprint density at radius 2 is 1.90 bits per heavy atom. The summed E-state index contributed by atoms with van der Waals surface area (Å²) < 4.78 is 0. The van der Waals surface area contributed by atoms with Gasteiger partial charge in [-0.15, -0.1) is 11.3 Å². The van der Waals surface area contributed by atoms with Crippen LogP contribution in [0.3, 0.4) is 0 Å². The van der Waals surface area contributed by atoms with E-state index in [1.54, 1.807) is 36.4 Å². The number of carbonyl (C=O) groups is 2. The monoisotopic (exact) mass is 454 g/mol. The molecule has 0 fully saturated rings. The Balaban J connectivity index is 1.77. The summed E-state index contributed by atoms with van der Waals surface area (Å²) >= 11 is 7.44. The van der Waals surface area contributed by atoms with E-state index < -0.39 is 16.7 Å². The summed E-state index contributed by atoms with van der Waals surface area (Å²) in [4.78, 5) is 36.3. The zero-order valence-corrected chi connectivity index (χ0v) is 17.4. The average molecular weight is 455 g/mol. The van der Waals surface area contributed by atoms with Crippen LogP contribution >= 0.6 is 22.9 Å². The first kappa shape index (κ1) is 21.9. The molecular formula is C21H15ClN4O4S. The fourth-order valence-corrected chi connectivity index (χ4v) is 3.33. The number of hydrazone groups is 1. The topological polar surface area (TPSA) is 114 Å². The number of hydrogen-bond donors (Lipinski definition) is 2. The molecule has 0 saturated carbocycles. The normalized spacial score (nSPS) is 11.3. The highest BCUT2D eigenvalue weighted by Crippen LogP contribution is 2.17. The number of non-ortho nitro benzene ring substituents is 1. The maximum atomic E-state index is 12.6. The van der Waals surface area contributed by atoms with Gasteiger partial charge in [0, 0.05) is 22.6 Å². The van der Waals surface area contributed by atoms with Crippen LogP contribution in [0.5, 0.6) is 0 Å². The van der Waals surface area contributed by atoms with E-state index in [9.17, 15) is 19.7 Å². The van der Waals surface area contributed by atoms with Crippen molar-refractivity contribution in [2.24, 2.45) is 5.10 Å². The van der Waals surface area contributed by atoms with Crippen LogP contribution < -0.4 is 10.7 Å². The van der Waals surface area contributed by atoms with E-state index in [1.165, 1.54) is 41.8 Å². The number of nitro benzene ring substituents is 1. The van der Waals surface area contributed by atoms with Gasteiger partial charge in [0.1, 0.15) is 5.70 Å². The van der Waals surface area contributed by atoms with Gasteiger partial charge in [0.15, 0.2) is 0 Å². The van der Waals surface area contributed by atoms with Gasteiger partial charge in [-0.25, -0.2) is 5.43 Å². The molecule has 3 aromatic rings. The molecule has 0 spiro atoms. The van der Waals surface area contributed by atoms with Crippen molar-refractivity contribution in [3.05, 3.63) is 103 Å². The van der Waals surface area contributed by atoms with Crippen molar-refractivity contribution in [2.75, 3.05) is 0 Å². The highest BCUT2D eigenvalue weighted by Gasteiger charge is 2.16. The maximum Gasteiger partial charge on any atom is 0.287 e. The van der Waals surface area contributed by atoms with Crippen LogP contribution in [-0.2, 0) is 4.79 Å². The predicted octanol–water partition coefficient (Wildman–Crippen LogP) is 4.23. The predicted molar refractivity (Wildman–Crippen MR) is 120 cm³/mol. The summed E-state index contributed by atoms with van der Waals surface area (Å²) in [6, 6.07) is 15.8. The van der Waals surface area contributed by atoms with Gasteiger partial charge >= 0.3 is 0 Å². The van der Waals surface area contributed by atoms with Gasteiger partial charge in [0.05, 0.1) is 21.7 Å². The van der Waals surface area contributed by atoms with Crippen molar-refractivity contribution in [1.29, 1.82) is 0 Å². The number of halogens is 1. The highest BCUT2D eigenvalue weighted by atomic mass is 35.5. The van der Waals surface area contributed by atoms with E-state index >= 15 is 0 Å². The standard InChI is InChI=1S/C21H15ClN4O4S/c22-18-9-2-1-8-17(18)20(27)24-19(12-16-7-4-10-31-16)21(28)25-23-13-14-5-3-6-15(11-14)26(29)30/h1-13H,(H,24,27)(H,25,28)/b19-12+,23-13?. The van der Waals surface area contributed by atoms with Crippen molar-refractivity contribution in [1.82, 2.24) is 10.7 Å². The fourth-order valence-electron chi connectivity index (χ4n) is 2.45. The smallest absolute Gasteiger partial charge is 0.287 e. The van der Waals surface area contributed by atoms with Gasteiger partial charge in [-0.05, 0) is 29.7 Å². The molecule has 2 amide bonds. The molecule has 0 atom stereocenters. The first-order valence-corrected chi connectivity index (χ1v) is 10.1. The minimum atomic E-state index is -0.671. The maximum absolute atomic E-state index is 12.6. The largest absolute Gasteiger partial charge is 0.317 e. The summed E-state index contributed by atoms with van der Waals surface area (Å²) in [6.07, 6.45) is 2.78. The Labute approximate surface area is 186 Å². The van der Waals surface area contributed by atoms with Gasteiger partial charge in [0.25, 0.3) is 17.5 Å². The minimum absolute atomic E-state index is 0.0384. The molecule has 0 bridgehead atoms. The number of thiophene rings is 1. The lowest BCUT2D eigenvalue weighted by molar-refractivity contribution is -0.384. The van der Waals surface area contributed by atoms with Crippen LogP contribution in [0, 0.1) is 10.1 Å². The molecule has 2 N–H and O–H groups in total. The number of rotatable bonds is 7. The Bertz CT molecular complexity index is 1180. The second-order valence-electron chi connectivity index (χ2n) is 6.06. The third-order valence-electron chi connectivity index (χ3n) is 3.90. The van der Waals surface area contributed by atoms with Gasteiger partial charge in [-0.3, -0.25) is 19.7 Å². The summed E-state index contributed by atoms with van der Waals surface area (Å²) in [5, 5.41) is 19.3. The number of nitrogens with one attached hydrogen (secondary N) is 2. The molecule has 1 heterocycles. The molecule has 0 aliphatic heterocycles. The molecule has 0 aliphatic rings. The van der Waals surface area contributed by atoms with E-state index in [2.05, 4.69) is 15.8 Å². The van der Waals surface area contributed by atoms with E-state index in [1.807, 2.05) is 11.4 Å². The van der Waals surface area contributed by atoms with Gasteiger partial charge in [-0.2, -0.15) is 5.10 Å². The number of nitrogens with zero attached hydrogens (tertiary/aromatic N) is 2. The zero-order chi connectivity index (χ0) is 22.2. The molecule has 156 valence electrons. The molecular weight excluding hydrogens is 440 g/mol. The lowest BCUT2D eigenvalue weighted by Crippen LogP contribution is -2.32. The SMILES string of the molecule is O=C(NN=Cc1cccc([N+](=O)[O-])c1)/C(=C\c1cccs1)NC(=O)c1ccccc1Cl. The molecule has 0 radical (unpaired) electrons. The molecule has 0 saturated heterocycles. The van der Waals surface area contributed by atoms with Gasteiger partial charge in [0.2, 0.25) is 0 Å². The second kappa shape index (κ2) is 10.3. The molecule has 0 aliphatic carbocycles. The third-order valence-corrected chi connectivity index (χ3v) is 5.05. The average Bonchev–Trinajstić information content (AvgIpc) is 3.27. The molecule has 0 unspecified atom stereocenters. The van der Waals surface area contributed by atoms with Crippen LogP contribution in [0.1, 0.15) is 20.8 Å². The zero-order valence-electron chi connectivity index (χ0n) is 15.8. The van der Waals surface area contributed by atoms with Crippen molar-refractivity contribution >= 4 is 52.7 Å². The third kappa shape index (κ3) is 6.08. The summed E-state index contributed by atoms with van der Waals surface area (Å²) in [6.45, 7) is 0. The van der Waals surface area contributed by atoms with E-state index in [-0.39, 0.29) is 22.0 Å². The molecule has 10 heteroatoms. The summed E-state index contributed by atoms with van der Waals surface area (Å²) in [5.41, 5.74) is 2.82. The van der Waals surface area contributed by atoms with Crippen molar-refractivity contribution < 1.29 is 14.5 Å². The quantitative estimate of drug-likeness (QED) is 0.240. The van der Waals surface area contributed by atoms with Crippen molar-refractivity contribution in [2.45, 2.75) is 0 Å². The Kier molecular flexibility index (Phi) is 7.26. The summed E-state index contributed by atoms with van der Waals surface area (Å²) in [7, 11) is 0. The molecule has 2 aromatic carbocycles. The van der Waals surface area contributed by atoms with Crippen LogP contribution in [0.15, 0.2) is 76.8 Å². The second-order valence-corrected chi connectivity index (χ2v) is 7.45. The molecule has 8 nitrogen and oxygen atoms in total. The molecule has 1 aromatic heterocycles. The van der Waals surface area contributed by atoms with Gasteiger partial charge < -0.3 is 5.32 Å². The highest BCUT2D eigenvalue weighted by molar-refractivity contribution is 7.10. The van der Waals surface area contributed by atoms with E-state index in [4.69, 9.17) is 11.6 Å². The first-order chi connectivity index (χ1) is 14.9.